The van der Waals surface area contributed by atoms with Crippen LogP contribution in [0, 0.1) is 5.92 Å². The second kappa shape index (κ2) is 5.93. The highest BCUT2D eigenvalue weighted by Crippen LogP contribution is 2.39. The number of aliphatic hydroxyl groups excluding tert-OH is 2. The first-order valence-electron chi connectivity index (χ1n) is 8.16. The predicted molar refractivity (Wildman–Crippen MR) is 95.7 cm³/mol. The highest BCUT2D eigenvalue weighted by Gasteiger charge is 2.32. The lowest BCUT2D eigenvalue weighted by molar-refractivity contribution is 0.123. The van der Waals surface area contributed by atoms with Gasteiger partial charge in [-0.3, -0.25) is 0 Å². The zero-order chi connectivity index (χ0) is 18.5. The Labute approximate surface area is 151 Å². The molecule has 2 aromatic carbocycles. The molecule has 0 saturated carbocycles. The third-order valence-electron chi connectivity index (χ3n) is 4.81. The average Bonchev–Trinajstić information content (AvgIpc) is 3.04. The van der Waals surface area contributed by atoms with E-state index in [9.17, 15) is 23.7 Å². The molecular weight excluding hydrogens is 356 g/mol. The van der Waals surface area contributed by atoms with Crippen LogP contribution in [-0.4, -0.2) is 23.7 Å². The van der Waals surface area contributed by atoms with Gasteiger partial charge < -0.3 is 15.3 Å². The smallest absolute Gasteiger partial charge is 0.330 e. The molecule has 26 heavy (non-hydrogen) atoms. The number of benzene rings is 2. The molecule has 1 heterocycles. The number of phenols is 1. The second-order valence-corrected chi connectivity index (χ2v) is 8.10. The summed E-state index contributed by atoms with van der Waals surface area (Å²) in [5.41, 5.74) is 2.90. The third-order valence-corrected chi connectivity index (χ3v) is 6.10. The van der Waals surface area contributed by atoms with Crippen LogP contribution in [0.5, 0.6) is 5.75 Å². The van der Waals surface area contributed by atoms with Crippen molar-refractivity contribution in [1.29, 1.82) is 0 Å². The Bertz CT molecular complexity index is 1000. The normalized spacial score (nSPS) is 23.4. The van der Waals surface area contributed by atoms with E-state index >= 15 is 0 Å². The fraction of sp³-hybridized carbons (Fsp3) is 0.222. The van der Waals surface area contributed by atoms with Crippen LogP contribution in [0.2, 0.25) is 0 Å². The van der Waals surface area contributed by atoms with E-state index in [-0.39, 0.29) is 17.4 Å². The van der Waals surface area contributed by atoms with Crippen molar-refractivity contribution >= 4 is 15.9 Å². The van der Waals surface area contributed by atoms with Gasteiger partial charge in [0.25, 0.3) is 0 Å². The van der Waals surface area contributed by atoms with E-state index < -0.39 is 22.2 Å². The molecule has 0 fully saturated rings. The third kappa shape index (κ3) is 2.77. The number of hydrogen-bond acceptors (Lipinski definition) is 5. The van der Waals surface area contributed by atoms with Crippen molar-refractivity contribution in [2.24, 2.45) is 5.92 Å². The number of rotatable bonds is 3. The van der Waals surface area contributed by atoms with Gasteiger partial charge in [-0.15, -0.1) is 0 Å². The van der Waals surface area contributed by atoms with Crippen LogP contribution in [-0.2, 0) is 23.1 Å². The fourth-order valence-electron chi connectivity index (χ4n) is 3.61. The number of aromatic hydroxyl groups is 1. The summed E-state index contributed by atoms with van der Waals surface area (Å²) < 4.78 is 26.5. The Balaban J connectivity index is 1.56. The van der Waals surface area contributed by atoms with Crippen LogP contribution >= 0.6 is 0 Å². The number of aliphatic hydroxyl groups is 2. The van der Waals surface area contributed by atoms with Crippen molar-refractivity contribution in [2.75, 3.05) is 4.31 Å². The highest BCUT2D eigenvalue weighted by atomic mass is 32.2. The molecule has 4 rings (SSSR count). The number of hydrogen-bond donors (Lipinski definition) is 4. The van der Waals surface area contributed by atoms with Crippen LogP contribution in [0.3, 0.4) is 0 Å². The maximum absolute atomic E-state index is 11.9. The minimum atomic E-state index is -3.95. The summed E-state index contributed by atoms with van der Waals surface area (Å²) in [5.74, 6) is -0.733. The van der Waals surface area contributed by atoms with Gasteiger partial charge in [-0.2, -0.15) is 8.42 Å². The predicted octanol–water partition coefficient (Wildman–Crippen LogP) is 1.85. The quantitative estimate of drug-likeness (QED) is 0.655. The molecule has 0 saturated heterocycles. The lowest BCUT2D eigenvalue weighted by atomic mass is 9.94. The molecule has 2 atom stereocenters. The lowest BCUT2D eigenvalue weighted by Crippen LogP contribution is -2.29. The van der Waals surface area contributed by atoms with Crippen LogP contribution in [0.25, 0.3) is 0 Å². The number of nitrogens with zero attached hydrogens (tertiary/aromatic N) is 1. The number of anilines is 1. The van der Waals surface area contributed by atoms with Gasteiger partial charge in [-0.25, -0.2) is 9.03 Å². The van der Waals surface area contributed by atoms with Gasteiger partial charge in [0.15, 0.2) is 0 Å². The van der Waals surface area contributed by atoms with Crippen molar-refractivity contribution in [2.45, 2.75) is 18.9 Å². The molecule has 0 amide bonds. The zero-order valence-electron chi connectivity index (χ0n) is 13.7. The van der Waals surface area contributed by atoms with E-state index in [2.05, 4.69) is 0 Å². The molecule has 4 N–H and O–H groups in total. The minimum Gasteiger partial charge on any atom is -0.506 e. The van der Waals surface area contributed by atoms with Gasteiger partial charge in [-0.05, 0) is 47.6 Å². The Hall–Kier alpha value is -2.71. The maximum atomic E-state index is 11.9. The lowest BCUT2D eigenvalue weighted by Gasteiger charge is -2.18. The molecule has 8 heteroatoms. The summed E-state index contributed by atoms with van der Waals surface area (Å²) in [6.45, 7) is 0. The molecule has 7 nitrogen and oxygen atoms in total. The number of fused-ring (bicyclic) bond motifs is 1. The SMILES string of the molecule is O=S1(=O)NC(O)=CN1c1ccc(CC2Cc3ccccc3C2O)cc1O. The van der Waals surface area contributed by atoms with E-state index in [1.54, 1.807) is 6.07 Å². The molecule has 136 valence electrons. The summed E-state index contributed by atoms with van der Waals surface area (Å²) in [5, 5.41) is 30.1. The Morgan fingerprint density at radius 2 is 1.92 bits per heavy atom. The largest absolute Gasteiger partial charge is 0.506 e. The summed E-state index contributed by atoms with van der Waals surface area (Å²) in [7, 11) is -3.95. The summed E-state index contributed by atoms with van der Waals surface area (Å²) >= 11 is 0. The van der Waals surface area contributed by atoms with Gasteiger partial charge in [0.2, 0.25) is 5.88 Å². The first-order chi connectivity index (χ1) is 12.3. The Kier molecular flexibility index (Phi) is 3.82. The van der Waals surface area contributed by atoms with Gasteiger partial charge in [0.05, 0.1) is 12.3 Å². The van der Waals surface area contributed by atoms with Gasteiger partial charge in [0, 0.05) is 0 Å². The molecule has 0 spiro atoms. The van der Waals surface area contributed by atoms with Crippen molar-refractivity contribution in [1.82, 2.24) is 4.72 Å². The van der Waals surface area contributed by atoms with Crippen LogP contribution in [0.4, 0.5) is 5.69 Å². The van der Waals surface area contributed by atoms with Crippen LogP contribution in [0.1, 0.15) is 22.8 Å². The molecule has 1 aliphatic heterocycles. The van der Waals surface area contributed by atoms with Gasteiger partial charge in [-0.1, -0.05) is 30.3 Å². The standard InChI is InChI=1S/C18H18N2O5S/c21-16-8-11(5-6-15(16)20-10-17(22)19-26(20,24)25)7-13-9-12-3-1-2-4-14(12)18(13)23/h1-6,8,10,13,18-19,21-23H,7,9H2. The average molecular weight is 374 g/mol. The molecule has 2 unspecified atom stereocenters. The van der Waals surface area contributed by atoms with Crippen molar-refractivity contribution < 1.29 is 23.7 Å². The number of phenolic OH excluding ortho intramolecular Hbond substituents is 1. The van der Waals surface area contributed by atoms with Crippen molar-refractivity contribution in [3.63, 3.8) is 0 Å². The summed E-state index contributed by atoms with van der Waals surface area (Å²) in [6, 6.07) is 12.5. The number of nitrogens with one attached hydrogen (secondary N) is 1. The van der Waals surface area contributed by atoms with E-state index in [0.29, 0.717) is 6.42 Å². The van der Waals surface area contributed by atoms with Gasteiger partial charge >= 0.3 is 10.2 Å². The second-order valence-electron chi connectivity index (χ2n) is 6.55. The monoisotopic (exact) mass is 374 g/mol. The van der Waals surface area contributed by atoms with E-state index in [0.717, 1.165) is 33.6 Å². The molecule has 0 aromatic heterocycles. The summed E-state index contributed by atoms with van der Waals surface area (Å²) in [4.78, 5) is 0. The molecule has 1 aliphatic carbocycles. The minimum absolute atomic E-state index is 0.00113. The van der Waals surface area contributed by atoms with Gasteiger partial charge in [0.1, 0.15) is 11.4 Å². The van der Waals surface area contributed by atoms with Crippen molar-refractivity contribution in [3.05, 3.63) is 71.2 Å². The molecule has 2 aliphatic rings. The Morgan fingerprint density at radius 3 is 2.58 bits per heavy atom. The summed E-state index contributed by atoms with van der Waals surface area (Å²) in [6.07, 6.45) is 1.73. The van der Waals surface area contributed by atoms with E-state index in [4.69, 9.17) is 0 Å². The molecule has 0 bridgehead atoms. The molecular formula is C18H18N2O5S. The first kappa shape index (κ1) is 16.7. The maximum Gasteiger partial charge on any atom is 0.330 e. The van der Waals surface area contributed by atoms with Crippen LogP contribution < -0.4 is 9.03 Å². The van der Waals surface area contributed by atoms with E-state index in [1.807, 2.05) is 29.0 Å². The van der Waals surface area contributed by atoms with Crippen LogP contribution in [0.15, 0.2) is 54.5 Å². The highest BCUT2D eigenvalue weighted by molar-refractivity contribution is 7.91. The fourth-order valence-corrected chi connectivity index (χ4v) is 4.68. The zero-order valence-corrected chi connectivity index (χ0v) is 14.5. The topological polar surface area (TPSA) is 110 Å². The Morgan fingerprint density at radius 1 is 1.15 bits per heavy atom. The molecule has 0 radical (unpaired) electrons. The van der Waals surface area contributed by atoms with Crippen molar-refractivity contribution in [3.8, 4) is 5.75 Å². The molecule has 2 aromatic rings. The van der Waals surface area contributed by atoms with E-state index in [1.165, 1.54) is 12.1 Å². The first-order valence-corrected chi connectivity index (χ1v) is 9.60.